The highest BCUT2D eigenvalue weighted by molar-refractivity contribution is 5.87. The molecule has 1 amide bonds. The smallest absolute Gasteiger partial charge is 0.329 e. The summed E-state index contributed by atoms with van der Waals surface area (Å²) in [5, 5.41) is 13.4. The number of carbonyl (C=O) groups is 3. The lowest BCUT2D eigenvalue weighted by Crippen LogP contribution is -2.46. The van der Waals surface area contributed by atoms with Gasteiger partial charge in [-0.15, -0.1) is 0 Å². The molecule has 0 aliphatic heterocycles. The van der Waals surface area contributed by atoms with Crippen molar-refractivity contribution in [2.24, 2.45) is 0 Å². The Labute approximate surface area is 181 Å². The highest BCUT2D eigenvalue weighted by atomic mass is 19.2. The summed E-state index contributed by atoms with van der Waals surface area (Å²) in [5.41, 5.74) is 0.289. The molecule has 0 saturated heterocycles. The van der Waals surface area contributed by atoms with Crippen molar-refractivity contribution in [1.29, 1.82) is 0 Å². The van der Waals surface area contributed by atoms with Gasteiger partial charge in [0.25, 0.3) is 5.69 Å². The lowest BCUT2D eigenvalue weighted by Gasteiger charge is -2.26. The van der Waals surface area contributed by atoms with E-state index in [0.717, 1.165) is 26.4 Å². The summed E-state index contributed by atoms with van der Waals surface area (Å²) in [6.45, 7) is 0. The number of benzene rings is 2. The molecule has 2 rings (SSSR count). The monoisotopic (exact) mass is 450 g/mol. The second kappa shape index (κ2) is 10.9. The minimum absolute atomic E-state index is 0.157. The van der Waals surface area contributed by atoms with Gasteiger partial charge >= 0.3 is 11.9 Å². The van der Waals surface area contributed by atoms with Gasteiger partial charge in [0.15, 0.2) is 11.6 Å². The Morgan fingerprint density at radius 3 is 2.22 bits per heavy atom. The number of ether oxygens (including phenoxy) is 2. The lowest BCUT2D eigenvalue weighted by atomic mass is 9.88. The van der Waals surface area contributed by atoms with Gasteiger partial charge in [-0.05, 0) is 23.3 Å². The van der Waals surface area contributed by atoms with Gasteiger partial charge in [0, 0.05) is 18.1 Å². The molecular formula is C21H20F2N2O7. The van der Waals surface area contributed by atoms with Gasteiger partial charge in [0.2, 0.25) is 5.91 Å². The molecule has 1 N–H and O–H groups in total. The normalized spacial score (nSPS) is 12.4. The zero-order chi connectivity index (χ0) is 23.8. The SMILES string of the molecule is COC(=O)C[C@@H](c1ccc([N+](=O)[O-])cc1)[C@H](NC(=O)Cc1ccc(F)c(F)c1)C(=O)OC. The van der Waals surface area contributed by atoms with Gasteiger partial charge in [-0.3, -0.25) is 19.7 Å². The Balaban J connectivity index is 2.33. The molecule has 2 atom stereocenters. The van der Waals surface area contributed by atoms with Gasteiger partial charge in [-0.25, -0.2) is 13.6 Å². The molecule has 0 unspecified atom stereocenters. The number of nitrogens with zero attached hydrogens (tertiary/aromatic N) is 1. The first-order chi connectivity index (χ1) is 15.2. The molecule has 32 heavy (non-hydrogen) atoms. The second-order valence-electron chi connectivity index (χ2n) is 6.73. The van der Waals surface area contributed by atoms with Crippen molar-refractivity contribution >= 4 is 23.5 Å². The van der Waals surface area contributed by atoms with E-state index in [1.165, 1.54) is 30.3 Å². The number of nitro benzene ring substituents is 1. The topological polar surface area (TPSA) is 125 Å². The Kier molecular flexibility index (Phi) is 8.33. The number of hydrogen-bond acceptors (Lipinski definition) is 7. The third-order valence-corrected chi connectivity index (χ3v) is 4.67. The summed E-state index contributed by atoms with van der Waals surface area (Å²) in [6.07, 6.45) is -0.727. The maximum atomic E-state index is 13.4. The van der Waals surface area contributed by atoms with Crippen LogP contribution in [-0.2, 0) is 30.3 Å². The molecular weight excluding hydrogens is 430 g/mol. The van der Waals surface area contributed by atoms with Gasteiger partial charge in [-0.2, -0.15) is 0 Å². The molecule has 0 saturated carbocycles. The Bertz CT molecular complexity index is 1010. The molecule has 0 spiro atoms. The van der Waals surface area contributed by atoms with Crippen LogP contribution in [0.2, 0.25) is 0 Å². The molecule has 170 valence electrons. The maximum absolute atomic E-state index is 13.4. The van der Waals surface area contributed by atoms with Gasteiger partial charge in [0.1, 0.15) is 6.04 Å². The summed E-state index contributed by atoms with van der Waals surface area (Å²) in [7, 11) is 2.23. The van der Waals surface area contributed by atoms with Crippen LogP contribution in [0.15, 0.2) is 42.5 Å². The average Bonchev–Trinajstić information content (AvgIpc) is 2.77. The molecule has 0 aliphatic rings. The van der Waals surface area contributed by atoms with E-state index in [9.17, 15) is 33.3 Å². The minimum atomic E-state index is -1.36. The highest BCUT2D eigenvalue weighted by Crippen LogP contribution is 2.27. The van der Waals surface area contributed by atoms with Crippen LogP contribution < -0.4 is 5.32 Å². The number of rotatable bonds is 9. The lowest BCUT2D eigenvalue weighted by molar-refractivity contribution is -0.384. The van der Waals surface area contributed by atoms with Crippen molar-refractivity contribution < 1.29 is 37.6 Å². The van der Waals surface area contributed by atoms with E-state index in [1.54, 1.807) is 0 Å². The molecule has 0 aliphatic carbocycles. The Hall–Kier alpha value is -3.89. The predicted octanol–water partition coefficient (Wildman–Crippen LogP) is 2.42. The van der Waals surface area contributed by atoms with Crippen molar-refractivity contribution in [1.82, 2.24) is 5.32 Å². The van der Waals surface area contributed by atoms with Crippen LogP contribution in [0, 0.1) is 21.7 Å². The van der Waals surface area contributed by atoms with E-state index >= 15 is 0 Å². The van der Waals surface area contributed by atoms with Crippen LogP contribution >= 0.6 is 0 Å². The zero-order valence-electron chi connectivity index (χ0n) is 17.2. The first kappa shape index (κ1) is 24.4. The maximum Gasteiger partial charge on any atom is 0.329 e. The number of hydrogen-bond donors (Lipinski definition) is 1. The third kappa shape index (κ3) is 6.30. The summed E-state index contributed by atoms with van der Waals surface area (Å²) in [6, 6.07) is 6.66. The molecule has 0 aromatic heterocycles. The molecule has 0 bridgehead atoms. The van der Waals surface area contributed by atoms with Gasteiger partial charge in [0.05, 0.1) is 32.0 Å². The van der Waals surface area contributed by atoms with Crippen LogP contribution in [0.25, 0.3) is 0 Å². The average molecular weight is 450 g/mol. The second-order valence-corrected chi connectivity index (χ2v) is 6.73. The number of carbonyl (C=O) groups excluding carboxylic acids is 3. The number of halogens is 2. The van der Waals surface area contributed by atoms with Crippen molar-refractivity contribution in [3.63, 3.8) is 0 Å². The fourth-order valence-corrected chi connectivity index (χ4v) is 3.04. The molecule has 0 heterocycles. The van der Waals surface area contributed by atoms with Gasteiger partial charge < -0.3 is 14.8 Å². The Morgan fingerprint density at radius 2 is 1.69 bits per heavy atom. The largest absolute Gasteiger partial charge is 0.469 e. The number of amides is 1. The molecule has 0 fully saturated rings. The highest BCUT2D eigenvalue weighted by Gasteiger charge is 2.34. The third-order valence-electron chi connectivity index (χ3n) is 4.67. The van der Waals surface area contributed by atoms with Crippen LogP contribution in [0.4, 0.5) is 14.5 Å². The van der Waals surface area contributed by atoms with E-state index in [2.05, 4.69) is 10.1 Å². The van der Waals surface area contributed by atoms with Gasteiger partial charge in [-0.1, -0.05) is 18.2 Å². The van der Waals surface area contributed by atoms with Crippen molar-refractivity contribution in [2.45, 2.75) is 24.8 Å². The van der Waals surface area contributed by atoms with Crippen LogP contribution in [-0.4, -0.2) is 43.0 Å². The Morgan fingerprint density at radius 1 is 1.03 bits per heavy atom. The van der Waals surface area contributed by atoms with Crippen molar-refractivity contribution in [3.8, 4) is 0 Å². The first-order valence-corrected chi connectivity index (χ1v) is 9.28. The molecule has 2 aromatic rings. The molecule has 2 aromatic carbocycles. The summed E-state index contributed by atoms with van der Waals surface area (Å²) in [4.78, 5) is 47.2. The van der Waals surface area contributed by atoms with Crippen LogP contribution in [0.3, 0.4) is 0 Å². The molecule has 9 nitrogen and oxygen atoms in total. The summed E-state index contributed by atoms with van der Waals surface area (Å²) < 4.78 is 35.9. The van der Waals surface area contributed by atoms with Crippen LogP contribution in [0.5, 0.6) is 0 Å². The predicted molar refractivity (Wildman–Crippen MR) is 106 cm³/mol. The standard InChI is InChI=1S/C21H20F2N2O7/c1-31-19(27)11-15(13-4-6-14(7-5-13)25(29)30)20(21(28)32-2)24-18(26)10-12-3-8-16(22)17(23)9-12/h3-9,15,20H,10-11H2,1-2H3,(H,24,26)/t15-,20-/m0/s1. The zero-order valence-corrected chi connectivity index (χ0v) is 17.2. The number of non-ortho nitro benzene ring substituents is 1. The van der Waals surface area contributed by atoms with E-state index < -0.39 is 46.4 Å². The number of esters is 2. The minimum Gasteiger partial charge on any atom is -0.469 e. The van der Waals surface area contributed by atoms with E-state index in [1.807, 2.05) is 0 Å². The van der Waals surface area contributed by atoms with E-state index in [-0.39, 0.29) is 24.1 Å². The fourth-order valence-electron chi connectivity index (χ4n) is 3.04. The fraction of sp³-hybridized carbons (Fsp3) is 0.286. The van der Waals surface area contributed by atoms with E-state index in [0.29, 0.717) is 5.56 Å². The molecule has 11 heteroatoms. The summed E-state index contributed by atoms with van der Waals surface area (Å²) in [5.74, 6) is -5.48. The summed E-state index contributed by atoms with van der Waals surface area (Å²) >= 11 is 0. The van der Waals surface area contributed by atoms with E-state index in [4.69, 9.17) is 4.74 Å². The first-order valence-electron chi connectivity index (χ1n) is 9.28. The van der Waals surface area contributed by atoms with Crippen molar-refractivity contribution in [2.75, 3.05) is 14.2 Å². The number of methoxy groups -OCH3 is 2. The number of nitro groups is 1. The molecule has 0 radical (unpaired) electrons. The van der Waals surface area contributed by atoms with Crippen LogP contribution in [0.1, 0.15) is 23.5 Å². The number of nitrogens with one attached hydrogen (secondary N) is 1. The van der Waals surface area contributed by atoms with Crippen molar-refractivity contribution in [3.05, 3.63) is 75.3 Å². The quantitative estimate of drug-likeness (QED) is 0.353.